The second-order valence-corrected chi connectivity index (χ2v) is 7.11. The first-order valence-electron chi connectivity index (χ1n) is 10.2. The fourth-order valence-corrected chi connectivity index (χ4v) is 3.09. The zero-order valence-corrected chi connectivity index (χ0v) is 17.6. The van der Waals surface area contributed by atoms with Gasteiger partial charge in [-0.25, -0.2) is 9.59 Å². The molecule has 3 aromatic rings. The highest BCUT2D eigenvalue weighted by atomic mass is 16.4. The van der Waals surface area contributed by atoms with Crippen LogP contribution in [-0.2, 0) is 28.9 Å². The highest BCUT2D eigenvalue weighted by Gasteiger charge is 2.05. The molecule has 0 aromatic heterocycles. The molecule has 0 heterocycles. The largest absolute Gasteiger partial charge is 0.504 e. The Morgan fingerprint density at radius 3 is 1.88 bits per heavy atom. The van der Waals surface area contributed by atoms with Crippen molar-refractivity contribution in [3.63, 3.8) is 0 Å². The van der Waals surface area contributed by atoms with Crippen LogP contribution in [0.4, 0.5) is 0 Å². The molecule has 5 N–H and O–H groups in total. The molecule has 0 aliphatic carbocycles. The summed E-state index contributed by atoms with van der Waals surface area (Å²) in [6, 6.07) is 24.2. The molecule has 0 saturated heterocycles. The molecule has 0 amide bonds. The minimum atomic E-state index is -1.82. The lowest BCUT2D eigenvalue weighted by molar-refractivity contribution is -0.159. The summed E-state index contributed by atoms with van der Waals surface area (Å²) in [6.07, 6.45) is 2.77. The molecule has 0 saturated carbocycles. The molecule has 7 heteroatoms. The molecule has 0 fully saturated rings. The number of benzene rings is 3. The standard InChI is InChI=1S/C23H25NO2.C2H2O4/c25-22-11-10-19(17-23(22)26)12-14-24-15-13-20-8-4-5-9-21(20)16-18-6-2-1-3-7-18;3-1(4)2(5)6/h1-11,17,24-26H,12-16H2;(H,3,4)(H,5,6). The Balaban J connectivity index is 0.000000534. The lowest BCUT2D eigenvalue weighted by Crippen LogP contribution is -2.20. The molecule has 0 spiro atoms. The number of carboxylic acids is 2. The van der Waals surface area contributed by atoms with Crippen molar-refractivity contribution >= 4 is 11.9 Å². The van der Waals surface area contributed by atoms with E-state index in [2.05, 4.69) is 53.8 Å². The number of phenols is 2. The van der Waals surface area contributed by atoms with Gasteiger partial charge in [-0.15, -0.1) is 0 Å². The molecular weight excluding hydrogens is 410 g/mol. The van der Waals surface area contributed by atoms with Crippen molar-refractivity contribution in [2.45, 2.75) is 19.3 Å². The smallest absolute Gasteiger partial charge is 0.414 e. The van der Waals surface area contributed by atoms with E-state index in [-0.39, 0.29) is 11.5 Å². The summed E-state index contributed by atoms with van der Waals surface area (Å²) in [6.45, 7) is 1.75. The number of aliphatic carboxylic acids is 2. The Morgan fingerprint density at radius 2 is 1.25 bits per heavy atom. The van der Waals surface area contributed by atoms with Crippen molar-refractivity contribution in [3.8, 4) is 11.5 Å². The van der Waals surface area contributed by atoms with Crippen LogP contribution in [0.1, 0.15) is 22.3 Å². The fourth-order valence-electron chi connectivity index (χ4n) is 3.09. The van der Waals surface area contributed by atoms with Crippen LogP contribution in [0.5, 0.6) is 11.5 Å². The van der Waals surface area contributed by atoms with Gasteiger partial charge >= 0.3 is 11.9 Å². The van der Waals surface area contributed by atoms with Crippen molar-refractivity contribution in [2.75, 3.05) is 13.1 Å². The van der Waals surface area contributed by atoms with Crippen molar-refractivity contribution in [1.82, 2.24) is 5.32 Å². The number of phenolic OH excluding ortho intramolecular Hbond substituents is 2. The molecule has 32 heavy (non-hydrogen) atoms. The molecule has 3 rings (SSSR count). The van der Waals surface area contributed by atoms with E-state index in [0.29, 0.717) is 0 Å². The van der Waals surface area contributed by atoms with E-state index in [0.717, 1.165) is 37.9 Å². The Morgan fingerprint density at radius 1 is 0.656 bits per heavy atom. The number of carboxylic acid groups (broad SMARTS) is 2. The van der Waals surface area contributed by atoms with Crippen molar-refractivity contribution in [3.05, 3.63) is 95.1 Å². The Bertz CT molecular complexity index is 1010. The van der Waals surface area contributed by atoms with E-state index in [1.54, 1.807) is 6.07 Å². The normalized spacial score (nSPS) is 10.1. The lowest BCUT2D eigenvalue weighted by Gasteiger charge is -2.11. The highest BCUT2D eigenvalue weighted by molar-refractivity contribution is 6.27. The molecule has 7 nitrogen and oxygen atoms in total. The third-order valence-corrected chi connectivity index (χ3v) is 4.74. The van der Waals surface area contributed by atoms with Gasteiger partial charge in [0.05, 0.1) is 0 Å². The number of hydrogen-bond acceptors (Lipinski definition) is 5. The monoisotopic (exact) mass is 437 g/mol. The summed E-state index contributed by atoms with van der Waals surface area (Å²) in [5.74, 6) is -3.78. The van der Waals surface area contributed by atoms with Gasteiger partial charge in [0.15, 0.2) is 11.5 Å². The Labute approximate surface area is 186 Å². The molecule has 168 valence electrons. The summed E-state index contributed by atoms with van der Waals surface area (Å²) in [4.78, 5) is 18.2. The van der Waals surface area contributed by atoms with Crippen LogP contribution in [0.25, 0.3) is 0 Å². The molecular formula is C25H27NO6. The summed E-state index contributed by atoms with van der Waals surface area (Å²) >= 11 is 0. The van der Waals surface area contributed by atoms with E-state index in [1.807, 2.05) is 12.1 Å². The van der Waals surface area contributed by atoms with Gasteiger partial charge in [-0.2, -0.15) is 0 Å². The molecule has 0 aliphatic heterocycles. The van der Waals surface area contributed by atoms with Gasteiger partial charge < -0.3 is 25.7 Å². The van der Waals surface area contributed by atoms with Gasteiger partial charge in [-0.3, -0.25) is 0 Å². The molecule has 0 radical (unpaired) electrons. The van der Waals surface area contributed by atoms with E-state index < -0.39 is 11.9 Å². The molecule has 0 atom stereocenters. The van der Waals surface area contributed by atoms with E-state index in [1.165, 1.54) is 22.8 Å². The van der Waals surface area contributed by atoms with E-state index in [4.69, 9.17) is 19.8 Å². The Hall–Kier alpha value is -3.84. The van der Waals surface area contributed by atoms with Crippen molar-refractivity contribution in [2.24, 2.45) is 0 Å². The summed E-state index contributed by atoms with van der Waals surface area (Å²) < 4.78 is 0. The summed E-state index contributed by atoms with van der Waals surface area (Å²) in [5, 5.41) is 37.1. The van der Waals surface area contributed by atoms with Crippen LogP contribution >= 0.6 is 0 Å². The van der Waals surface area contributed by atoms with E-state index in [9.17, 15) is 10.2 Å². The fraction of sp³-hybridized carbons (Fsp3) is 0.200. The van der Waals surface area contributed by atoms with Gasteiger partial charge in [0.2, 0.25) is 0 Å². The van der Waals surface area contributed by atoms with Gasteiger partial charge in [0.1, 0.15) is 0 Å². The predicted molar refractivity (Wildman–Crippen MR) is 121 cm³/mol. The second-order valence-electron chi connectivity index (χ2n) is 7.11. The number of rotatable bonds is 8. The maximum Gasteiger partial charge on any atom is 0.414 e. The minimum Gasteiger partial charge on any atom is -0.504 e. The van der Waals surface area contributed by atoms with Crippen LogP contribution in [0, 0.1) is 0 Å². The predicted octanol–water partition coefficient (Wildman–Crippen LogP) is 3.22. The summed E-state index contributed by atoms with van der Waals surface area (Å²) in [7, 11) is 0. The van der Waals surface area contributed by atoms with E-state index >= 15 is 0 Å². The van der Waals surface area contributed by atoms with Crippen LogP contribution in [-0.4, -0.2) is 45.5 Å². The number of hydrogen-bond donors (Lipinski definition) is 5. The van der Waals surface area contributed by atoms with Gasteiger partial charge in [-0.05, 0) is 66.7 Å². The molecule has 0 bridgehead atoms. The first-order valence-corrected chi connectivity index (χ1v) is 10.2. The van der Waals surface area contributed by atoms with Gasteiger partial charge in [-0.1, -0.05) is 60.7 Å². The maximum absolute atomic E-state index is 9.53. The third-order valence-electron chi connectivity index (χ3n) is 4.74. The van der Waals surface area contributed by atoms with Crippen LogP contribution in [0.15, 0.2) is 72.8 Å². The average molecular weight is 437 g/mol. The zero-order chi connectivity index (χ0) is 23.3. The van der Waals surface area contributed by atoms with Gasteiger partial charge in [0.25, 0.3) is 0 Å². The van der Waals surface area contributed by atoms with Crippen molar-refractivity contribution in [1.29, 1.82) is 0 Å². The van der Waals surface area contributed by atoms with Gasteiger partial charge in [0, 0.05) is 0 Å². The number of nitrogens with one attached hydrogen (secondary N) is 1. The Kier molecular flexibility index (Phi) is 9.74. The minimum absolute atomic E-state index is 0.0580. The SMILES string of the molecule is O=C(O)C(=O)O.Oc1ccc(CCNCCc2ccccc2Cc2ccccc2)cc1O. The zero-order valence-electron chi connectivity index (χ0n) is 17.6. The molecule has 3 aromatic carbocycles. The maximum atomic E-state index is 9.53. The quantitative estimate of drug-likeness (QED) is 0.208. The van der Waals surface area contributed by atoms with Crippen LogP contribution in [0.3, 0.4) is 0 Å². The molecule has 0 unspecified atom stereocenters. The highest BCUT2D eigenvalue weighted by Crippen LogP contribution is 2.24. The first-order chi connectivity index (χ1) is 15.4. The average Bonchev–Trinajstić information content (AvgIpc) is 2.78. The van der Waals surface area contributed by atoms with Crippen LogP contribution < -0.4 is 5.32 Å². The topological polar surface area (TPSA) is 127 Å². The van der Waals surface area contributed by atoms with Crippen molar-refractivity contribution < 1.29 is 30.0 Å². The third kappa shape index (κ3) is 8.49. The first kappa shape index (κ1) is 24.4. The summed E-state index contributed by atoms with van der Waals surface area (Å²) in [5.41, 5.74) is 5.10. The lowest BCUT2D eigenvalue weighted by atomic mass is 9.98. The number of aromatic hydroxyl groups is 2. The number of carbonyl (C=O) groups is 2. The van der Waals surface area contributed by atoms with Crippen LogP contribution in [0.2, 0.25) is 0 Å². The second kappa shape index (κ2) is 12.8. The molecule has 0 aliphatic rings.